The largest absolute Gasteiger partial charge is 0.396 e. The third-order valence-electron chi connectivity index (χ3n) is 5.28. The summed E-state index contributed by atoms with van der Waals surface area (Å²) in [5, 5.41) is 9.75. The molecule has 24 heavy (non-hydrogen) atoms. The molecule has 0 radical (unpaired) electrons. The lowest BCUT2D eigenvalue weighted by Gasteiger charge is -2.40. The predicted molar refractivity (Wildman–Crippen MR) is 94.3 cm³/mol. The highest BCUT2D eigenvalue weighted by atomic mass is 16.5. The lowest BCUT2D eigenvalue weighted by atomic mass is 9.89. The zero-order valence-electron chi connectivity index (χ0n) is 14.9. The van der Waals surface area contributed by atoms with Gasteiger partial charge < -0.3 is 19.6 Å². The second-order valence-corrected chi connectivity index (χ2v) is 7.29. The first-order valence-corrected chi connectivity index (χ1v) is 9.07. The number of hydrogen-bond donors (Lipinski definition) is 1. The van der Waals surface area contributed by atoms with Gasteiger partial charge in [0.25, 0.3) is 0 Å². The van der Waals surface area contributed by atoms with Gasteiger partial charge in [-0.2, -0.15) is 0 Å². The minimum Gasteiger partial charge on any atom is -0.396 e. The average Bonchev–Trinajstić information content (AvgIpc) is 3.08. The van der Waals surface area contributed by atoms with Crippen LogP contribution in [0.15, 0.2) is 6.33 Å². The van der Waals surface area contributed by atoms with Crippen molar-refractivity contribution in [2.75, 3.05) is 58.5 Å². The molecule has 134 valence electrons. The van der Waals surface area contributed by atoms with Gasteiger partial charge in [0.2, 0.25) is 0 Å². The van der Waals surface area contributed by atoms with Gasteiger partial charge in [0.1, 0.15) is 12.1 Å². The van der Waals surface area contributed by atoms with E-state index in [1.807, 2.05) is 0 Å². The smallest absolute Gasteiger partial charge is 0.135 e. The van der Waals surface area contributed by atoms with Crippen LogP contribution in [0.5, 0.6) is 0 Å². The molecule has 1 aliphatic carbocycles. The van der Waals surface area contributed by atoms with Crippen molar-refractivity contribution in [1.82, 2.24) is 14.9 Å². The van der Waals surface area contributed by atoms with Gasteiger partial charge in [-0.25, -0.2) is 9.97 Å². The Kier molecular flexibility index (Phi) is 6.03. The summed E-state index contributed by atoms with van der Waals surface area (Å²) in [5.74, 6) is 1.98. The minimum atomic E-state index is 0.252. The fourth-order valence-electron chi connectivity index (χ4n) is 4.15. The summed E-state index contributed by atoms with van der Waals surface area (Å²) in [6.07, 6.45) is 6.14. The normalized spacial score (nSPS) is 23.8. The summed E-state index contributed by atoms with van der Waals surface area (Å²) in [4.78, 5) is 13.8. The number of nitrogens with zero attached hydrogens (tertiary/aromatic N) is 4. The van der Waals surface area contributed by atoms with Crippen LogP contribution in [-0.2, 0) is 17.6 Å². The molecule has 1 N–H and O–H groups in total. The third kappa shape index (κ3) is 4.05. The summed E-state index contributed by atoms with van der Waals surface area (Å²) < 4.78 is 5.18. The number of likely N-dealkylation sites (N-methyl/N-ethyl adjacent to an activating group) is 1. The van der Waals surface area contributed by atoms with Crippen LogP contribution in [0.1, 0.15) is 24.1 Å². The Balaban J connectivity index is 1.70. The molecule has 0 bridgehead atoms. The molecule has 1 aromatic heterocycles. The van der Waals surface area contributed by atoms with Gasteiger partial charge in [-0.15, -0.1) is 0 Å². The van der Waals surface area contributed by atoms with Crippen LogP contribution < -0.4 is 4.90 Å². The van der Waals surface area contributed by atoms with Crippen molar-refractivity contribution in [1.29, 1.82) is 0 Å². The van der Waals surface area contributed by atoms with Crippen molar-refractivity contribution < 1.29 is 9.84 Å². The van der Waals surface area contributed by atoms with E-state index in [-0.39, 0.29) is 6.61 Å². The van der Waals surface area contributed by atoms with E-state index < -0.39 is 0 Å². The maximum absolute atomic E-state index is 9.75. The minimum absolute atomic E-state index is 0.252. The molecule has 2 aliphatic rings. The molecule has 0 amide bonds. The molecule has 1 aromatic rings. The molecule has 3 rings (SSSR count). The van der Waals surface area contributed by atoms with Crippen molar-refractivity contribution in [2.45, 2.75) is 25.7 Å². The summed E-state index contributed by atoms with van der Waals surface area (Å²) in [5.41, 5.74) is 2.56. The lowest BCUT2D eigenvalue weighted by molar-refractivity contribution is 0.133. The topological polar surface area (TPSA) is 61.7 Å². The molecule has 6 heteroatoms. The number of anilines is 1. The molecule has 2 heterocycles. The number of aliphatic hydroxyl groups excluding tert-OH is 1. The van der Waals surface area contributed by atoms with E-state index in [1.165, 1.54) is 17.7 Å². The molecule has 1 saturated heterocycles. The first-order valence-electron chi connectivity index (χ1n) is 9.07. The van der Waals surface area contributed by atoms with Gasteiger partial charge in [0, 0.05) is 51.2 Å². The van der Waals surface area contributed by atoms with Crippen LogP contribution >= 0.6 is 0 Å². The first kappa shape index (κ1) is 17.6. The van der Waals surface area contributed by atoms with Crippen molar-refractivity contribution in [3.63, 3.8) is 0 Å². The Bertz CT molecular complexity index is 540. The van der Waals surface area contributed by atoms with Crippen molar-refractivity contribution >= 4 is 5.82 Å². The standard InChI is InChI=1S/C18H30N4O2/c1-21(6-7-24-2)9-14-8-15(12-23)11-22(10-14)18-16-4-3-5-17(16)19-13-20-18/h13-15,23H,3-12H2,1-2H3/t14-,15+/m1/s1. The molecule has 0 aromatic carbocycles. The number of aliphatic hydroxyl groups is 1. The van der Waals surface area contributed by atoms with Crippen LogP contribution in [0.3, 0.4) is 0 Å². The van der Waals surface area contributed by atoms with Crippen molar-refractivity contribution in [3.8, 4) is 0 Å². The number of piperidine rings is 1. The summed E-state index contributed by atoms with van der Waals surface area (Å²) in [6, 6.07) is 0. The van der Waals surface area contributed by atoms with Gasteiger partial charge >= 0.3 is 0 Å². The number of rotatable bonds is 7. The first-order chi connectivity index (χ1) is 11.7. The van der Waals surface area contributed by atoms with Crippen LogP contribution in [-0.4, -0.2) is 73.5 Å². The highest BCUT2D eigenvalue weighted by Crippen LogP contribution is 2.32. The summed E-state index contributed by atoms with van der Waals surface area (Å²) in [7, 11) is 3.89. The highest BCUT2D eigenvalue weighted by Gasteiger charge is 2.30. The third-order valence-corrected chi connectivity index (χ3v) is 5.28. The SMILES string of the molecule is COCCN(C)C[C@H]1C[C@H](CO)CN(c2ncnc3c2CCC3)C1. The molecule has 2 atom stereocenters. The Labute approximate surface area is 144 Å². The van der Waals surface area contributed by atoms with Crippen molar-refractivity contribution in [2.24, 2.45) is 11.8 Å². The number of fused-ring (bicyclic) bond motifs is 1. The van der Waals surface area contributed by atoms with Gasteiger partial charge in [-0.3, -0.25) is 0 Å². The molecule has 0 spiro atoms. The number of ether oxygens (including phenoxy) is 1. The van der Waals surface area contributed by atoms with Gasteiger partial charge in [-0.1, -0.05) is 0 Å². The number of methoxy groups -OCH3 is 1. The molecule has 0 unspecified atom stereocenters. The second-order valence-electron chi connectivity index (χ2n) is 7.29. The van der Waals surface area contributed by atoms with E-state index in [0.29, 0.717) is 11.8 Å². The predicted octanol–water partition coefficient (Wildman–Crippen LogP) is 0.978. The van der Waals surface area contributed by atoms with E-state index >= 15 is 0 Å². The fraction of sp³-hybridized carbons (Fsp3) is 0.778. The summed E-state index contributed by atoms with van der Waals surface area (Å²) >= 11 is 0. The van der Waals surface area contributed by atoms with Crippen LogP contribution in [0.4, 0.5) is 5.82 Å². The molecular weight excluding hydrogens is 304 g/mol. The summed E-state index contributed by atoms with van der Waals surface area (Å²) in [6.45, 7) is 4.90. The van der Waals surface area contributed by atoms with Gasteiger partial charge in [-0.05, 0) is 44.6 Å². The zero-order chi connectivity index (χ0) is 16.9. The number of aromatic nitrogens is 2. The second kappa shape index (κ2) is 8.23. The van der Waals surface area contributed by atoms with Crippen LogP contribution in [0, 0.1) is 11.8 Å². The van der Waals surface area contributed by atoms with Gasteiger partial charge in [0.05, 0.1) is 6.61 Å². The monoisotopic (exact) mass is 334 g/mol. The van der Waals surface area contributed by atoms with E-state index in [9.17, 15) is 5.11 Å². The highest BCUT2D eigenvalue weighted by molar-refractivity contribution is 5.51. The molecule has 0 saturated carbocycles. The molecule has 1 aliphatic heterocycles. The van der Waals surface area contributed by atoms with E-state index in [0.717, 1.165) is 57.9 Å². The average molecular weight is 334 g/mol. The van der Waals surface area contributed by atoms with Crippen LogP contribution in [0.25, 0.3) is 0 Å². The Hall–Kier alpha value is -1.24. The zero-order valence-corrected chi connectivity index (χ0v) is 14.9. The molecule has 6 nitrogen and oxygen atoms in total. The lowest BCUT2D eigenvalue weighted by Crippen LogP contribution is -2.46. The fourth-order valence-corrected chi connectivity index (χ4v) is 4.15. The maximum atomic E-state index is 9.75. The quantitative estimate of drug-likeness (QED) is 0.802. The Morgan fingerprint density at radius 1 is 1.29 bits per heavy atom. The molecule has 1 fully saturated rings. The van der Waals surface area contributed by atoms with E-state index in [1.54, 1.807) is 13.4 Å². The maximum Gasteiger partial charge on any atom is 0.135 e. The molecular formula is C18H30N4O2. The number of aryl methyl sites for hydroxylation is 1. The van der Waals surface area contributed by atoms with E-state index in [4.69, 9.17) is 4.74 Å². The van der Waals surface area contributed by atoms with E-state index in [2.05, 4.69) is 26.8 Å². The van der Waals surface area contributed by atoms with Crippen LogP contribution in [0.2, 0.25) is 0 Å². The van der Waals surface area contributed by atoms with Crippen molar-refractivity contribution in [3.05, 3.63) is 17.6 Å². The van der Waals surface area contributed by atoms with Gasteiger partial charge in [0.15, 0.2) is 0 Å². The Morgan fingerprint density at radius 3 is 2.92 bits per heavy atom. The Morgan fingerprint density at radius 2 is 2.12 bits per heavy atom. The number of hydrogen-bond acceptors (Lipinski definition) is 6.